The quantitative estimate of drug-likeness (QED) is 0.248. The van der Waals surface area contributed by atoms with Crippen LogP contribution in [-0.2, 0) is 37.4 Å². The number of fused-ring (bicyclic) bond motifs is 1. The van der Waals surface area contributed by atoms with Gasteiger partial charge in [0.15, 0.2) is 0 Å². The predicted molar refractivity (Wildman–Crippen MR) is 124 cm³/mol. The lowest BCUT2D eigenvalue weighted by molar-refractivity contribution is -0.150. The molecule has 34 heavy (non-hydrogen) atoms. The first-order valence-corrected chi connectivity index (χ1v) is 14.4. The van der Waals surface area contributed by atoms with E-state index in [0.717, 1.165) is 16.6 Å². The van der Waals surface area contributed by atoms with E-state index in [2.05, 4.69) is 20.8 Å². The maximum Gasteiger partial charge on any atom is 0.352 e. The summed E-state index contributed by atoms with van der Waals surface area (Å²) in [6, 6.07) is 2.88. The van der Waals surface area contributed by atoms with Gasteiger partial charge in [-0.15, -0.1) is 28.2 Å². The molecule has 2 atom stereocenters. The molecule has 1 saturated heterocycles. The monoisotopic (exact) mass is 545 g/mol. The fourth-order valence-electron chi connectivity index (χ4n) is 3.40. The molecule has 0 bridgehead atoms. The fourth-order valence-corrected chi connectivity index (χ4v) is 6.92. The molecule has 0 aliphatic carbocycles. The minimum absolute atomic E-state index is 0.0483. The molecule has 2 aliphatic heterocycles. The van der Waals surface area contributed by atoms with E-state index in [1.165, 1.54) is 32.7 Å². The van der Waals surface area contributed by atoms with Crippen LogP contribution in [0, 0.1) is 0 Å². The molecule has 17 heteroatoms. The Morgan fingerprint density at radius 1 is 1.38 bits per heavy atom. The van der Waals surface area contributed by atoms with Crippen molar-refractivity contribution in [3.05, 3.63) is 33.7 Å². The lowest BCUT2D eigenvalue weighted by atomic mass is 10.0. The van der Waals surface area contributed by atoms with E-state index >= 15 is 0 Å². The minimum atomic E-state index is -3.70. The highest BCUT2D eigenvalue weighted by molar-refractivity contribution is 8.01. The van der Waals surface area contributed by atoms with Crippen molar-refractivity contribution in [1.82, 2.24) is 30.4 Å². The van der Waals surface area contributed by atoms with Crippen LogP contribution in [0.4, 0.5) is 0 Å². The smallest absolute Gasteiger partial charge is 0.352 e. The van der Waals surface area contributed by atoms with Crippen molar-refractivity contribution < 1.29 is 27.9 Å². The van der Waals surface area contributed by atoms with Gasteiger partial charge in [0, 0.05) is 16.4 Å². The van der Waals surface area contributed by atoms with Gasteiger partial charge < -0.3 is 10.4 Å². The number of β-lactam (4-membered cyclic amide) rings is 1. The van der Waals surface area contributed by atoms with Gasteiger partial charge in [0.25, 0.3) is 5.91 Å². The van der Waals surface area contributed by atoms with Crippen LogP contribution in [0.1, 0.15) is 4.88 Å². The number of nitrogens with zero attached hydrogens (tertiary/aromatic N) is 5. The van der Waals surface area contributed by atoms with Gasteiger partial charge in [0.1, 0.15) is 17.1 Å². The first kappa shape index (κ1) is 24.6. The number of carboxylic acid groups (broad SMARTS) is 1. The van der Waals surface area contributed by atoms with Gasteiger partial charge in [-0.2, -0.15) is 0 Å². The molecule has 0 spiro atoms. The Balaban J connectivity index is 1.42. The van der Waals surface area contributed by atoms with Crippen molar-refractivity contribution in [2.24, 2.45) is 5.14 Å². The number of sulfonamides is 1. The molecule has 2 amide bonds. The van der Waals surface area contributed by atoms with E-state index in [1.54, 1.807) is 0 Å². The predicted octanol–water partition coefficient (Wildman–Crippen LogP) is -0.903. The number of nitrogens with two attached hydrogens (primary N) is 1. The summed E-state index contributed by atoms with van der Waals surface area (Å²) >= 11 is 3.93. The molecule has 2 aliphatic rings. The number of hydrogen-bond acceptors (Lipinski definition) is 11. The Morgan fingerprint density at radius 2 is 2.18 bits per heavy atom. The minimum Gasteiger partial charge on any atom is -0.477 e. The molecule has 13 nitrogen and oxygen atoms in total. The Kier molecular flexibility index (Phi) is 7.27. The maximum atomic E-state index is 12.8. The summed E-state index contributed by atoms with van der Waals surface area (Å²) in [5, 5.41) is 30.2. The molecule has 0 radical (unpaired) electrons. The average molecular weight is 546 g/mol. The van der Waals surface area contributed by atoms with E-state index in [-0.39, 0.29) is 36.1 Å². The van der Waals surface area contributed by atoms with Crippen LogP contribution < -0.4 is 10.5 Å². The molecule has 0 aromatic carbocycles. The van der Waals surface area contributed by atoms with E-state index in [0.29, 0.717) is 16.5 Å². The largest absolute Gasteiger partial charge is 0.477 e. The molecule has 4 rings (SSSR count). The second-order valence-electron chi connectivity index (χ2n) is 7.31. The van der Waals surface area contributed by atoms with E-state index in [1.807, 2.05) is 17.5 Å². The molecule has 2 aromatic heterocycles. The molecule has 4 N–H and O–H groups in total. The number of nitrogens with one attached hydrogen (secondary N) is 1. The number of aryl methyl sites for hydroxylation is 1. The lowest BCUT2D eigenvalue weighted by Gasteiger charge is -2.49. The van der Waals surface area contributed by atoms with Crippen LogP contribution in [0.25, 0.3) is 0 Å². The number of primary sulfonamides is 1. The van der Waals surface area contributed by atoms with Crippen LogP contribution in [-0.4, -0.2) is 85.1 Å². The summed E-state index contributed by atoms with van der Waals surface area (Å²) < 4.78 is 23.6. The summed E-state index contributed by atoms with van der Waals surface area (Å²) in [4.78, 5) is 39.1. The molecule has 4 heterocycles. The Hall–Kier alpha value is -2.47. The van der Waals surface area contributed by atoms with Crippen LogP contribution in [0.2, 0.25) is 0 Å². The van der Waals surface area contributed by atoms with Crippen LogP contribution in [0.15, 0.2) is 33.9 Å². The maximum absolute atomic E-state index is 12.8. The molecular formula is C17H19N7O6S4. The number of thioether (sulfide) groups is 2. The van der Waals surface area contributed by atoms with Crippen LogP contribution in [0.5, 0.6) is 0 Å². The Bertz CT molecular complexity index is 1240. The van der Waals surface area contributed by atoms with Gasteiger partial charge in [0.05, 0.1) is 18.7 Å². The number of carboxylic acids is 1. The molecule has 2 aromatic rings. The zero-order valence-electron chi connectivity index (χ0n) is 17.4. The second-order valence-corrected chi connectivity index (χ2v) is 12.1. The number of thiophene rings is 1. The van der Waals surface area contributed by atoms with Gasteiger partial charge in [0.2, 0.25) is 21.1 Å². The number of amides is 2. The van der Waals surface area contributed by atoms with E-state index in [9.17, 15) is 27.9 Å². The van der Waals surface area contributed by atoms with Crippen LogP contribution in [0.3, 0.4) is 0 Å². The van der Waals surface area contributed by atoms with Gasteiger partial charge in [-0.1, -0.05) is 17.8 Å². The molecular weight excluding hydrogens is 526 g/mol. The fraction of sp³-hybridized carbons (Fsp3) is 0.412. The van der Waals surface area contributed by atoms with Gasteiger partial charge in [-0.3, -0.25) is 14.5 Å². The Morgan fingerprint density at radius 3 is 2.85 bits per heavy atom. The number of rotatable bonds is 10. The number of aliphatic carboxylic acids is 1. The molecule has 182 valence electrons. The van der Waals surface area contributed by atoms with E-state index in [4.69, 9.17) is 5.14 Å². The first-order valence-electron chi connectivity index (χ1n) is 9.75. The number of carbonyl (C=O) groups excluding carboxylic acids is 2. The van der Waals surface area contributed by atoms with Gasteiger partial charge in [-0.05, 0) is 27.4 Å². The third kappa shape index (κ3) is 5.43. The molecule has 1 fully saturated rings. The van der Waals surface area contributed by atoms with Crippen LogP contribution >= 0.6 is 34.9 Å². The lowest BCUT2D eigenvalue weighted by Crippen LogP contribution is -2.70. The van der Waals surface area contributed by atoms with Crippen molar-refractivity contribution in [2.45, 2.75) is 29.5 Å². The van der Waals surface area contributed by atoms with Crippen molar-refractivity contribution in [3.8, 4) is 0 Å². The normalized spacial score (nSPS) is 20.1. The standard InChI is InChI=1S/C17H19N7O6S4/c18-34(29,30)5-3-23-17(20-21-22-23)33-8-9-7-32-15-12(14(26)24(15)13(9)16(27)28)19-11(25)6-10-2-1-4-31-10/h1-2,4,12,15H,3,5-8H2,(H,19,25)(H,27,28)(H2,18,29,30). The first-order chi connectivity index (χ1) is 16.1. The zero-order chi connectivity index (χ0) is 24.5. The van der Waals surface area contributed by atoms with Gasteiger partial charge in [-0.25, -0.2) is 23.0 Å². The third-order valence-electron chi connectivity index (χ3n) is 4.94. The zero-order valence-corrected chi connectivity index (χ0v) is 20.6. The summed E-state index contributed by atoms with van der Waals surface area (Å²) in [6.45, 7) is -0.0483. The summed E-state index contributed by atoms with van der Waals surface area (Å²) in [6.07, 6.45) is 0.155. The highest BCUT2D eigenvalue weighted by Gasteiger charge is 2.54. The summed E-state index contributed by atoms with van der Waals surface area (Å²) in [5.74, 6) is -1.86. The van der Waals surface area contributed by atoms with E-state index < -0.39 is 33.3 Å². The van der Waals surface area contributed by atoms with Crippen molar-refractivity contribution in [1.29, 1.82) is 0 Å². The molecule has 2 unspecified atom stereocenters. The third-order valence-corrected chi connectivity index (χ3v) is 8.95. The summed E-state index contributed by atoms with van der Waals surface area (Å²) in [7, 11) is -3.70. The number of aromatic nitrogens is 4. The SMILES string of the molecule is NS(=O)(=O)CCn1nnnc1SCC1=C(C(=O)O)N2C(=O)C(NC(=O)Cc3cccs3)C2SC1. The highest BCUT2D eigenvalue weighted by atomic mass is 32.2. The van der Waals surface area contributed by atoms with Gasteiger partial charge >= 0.3 is 5.97 Å². The number of tetrazole rings is 1. The number of carbonyl (C=O) groups is 3. The van der Waals surface area contributed by atoms with Crippen molar-refractivity contribution >= 4 is 62.7 Å². The summed E-state index contributed by atoms with van der Waals surface area (Å²) in [5.41, 5.74) is 0.380. The van der Waals surface area contributed by atoms with Crippen molar-refractivity contribution in [3.63, 3.8) is 0 Å². The van der Waals surface area contributed by atoms with Crippen molar-refractivity contribution in [2.75, 3.05) is 17.3 Å². The highest BCUT2D eigenvalue weighted by Crippen LogP contribution is 2.41. The molecule has 0 saturated carbocycles. The topological polar surface area (TPSA) is 190 Å². The Labute approximate surface area is 206 Å². The average Bonchev–Trinajstić information content (AvgIpc) is 3.45. The number of hydrogen-bond donors (Lipinski definition) is 3. The second kappa shape index (κ2) is 10.0.